The Morgan fingerprint density at radius 2 is 2.00 bits per heavy atom. The standard InChI is InChI=1S/C8H13F3N/c1-2-7-5-12(6-7)4-3-8(9,10)11/h2,7H,3-6H2,1H3. The van der Waals surface area contributed by atoms with Crippen LogP contribution in [0, 0.1) is 12.3 Å². The van der Waals surface area contributed by atoms with E-state index in [-0.39, 0.29) is 6.54 Å². The van der Waals surface area contributed by atoms with Crippen LogP contribution in [0.5, 0.6) is 0 Å². The molecule has 0 aliphatic carbocycles. The first-order valence-electron chi connectivity index (χ1n) is 4.10. The van der Waals surface area contributed by atoms with Crippen molar-refractivity contribution in [2.24, 2.45) is 5.92 Å². The predicted octanol–water partition coefficient (Wildman–Crippen LogP) is 2.09. The molecule has 0 unspecified atom stereocenters. The Kier molecular flexibility index (Phi) is 2.99. The van der Waals surface area contributed by atoms with Gasteiger partial charge in [-0.1, -0.05) is 6.92 Å². The first-order chi connectivity index (χ1) is 5.51. The van der Waals surface area contributed by atoms with E-state index in [9.17, 15) is 13.2 Å². The van der Waals surface area contributed by atoms with E-state index in [1.54, 1.807) is 0 Å². The highest BCUT2D eigenvalue weighted by Crippen LogP contribution is 2.23. The lowest BCUT2D eigenvalue weighted by Gasteiger charge is -2.38. The molecular weight excluding hydrogens is 167 g/mol. The molecule has 1 heterocycles. The van der Waals surface area contributed by atoms with Gasteiger partial charge in [-0.3, -0.25) is 0 Å². The molecule has 71 valence electrons. The van der Waals surface area contributed by atoms with Gasteiger partial charge in [-0.15, -0.1) is 0 Å². The molecule has 0 amide bonds. The summed E-state index contributed by atoms with van der Waals surface area (Å²) in [6.07, 6.45) is -2.63. The third-order valence-electron chi connectivity index (χ3n) is 2.17. The van der Waals surface area contributed by atoms with E-state index < -0.39 is 12.6 Å². The van der Waals surface area contributed by atoms with Gasteiger partial charge in [0.1, 0.15) is 0 Å². The maximum atomic E-state index is 11.7. The van der Waals surface area contributed by atoms with Gasteiger partial charge in [-0.25, -0.2) is 0 Å². The van der Waals surface area contributed by atoms with Crippen molar-refractivity contribution < 1.29 is 13.2 Å². The van der Waals surface area contributed by atoms with Crippen molar-refractivity contribution in [2.75, 3.05) is 19.6 Å². The van der Waals surface area contributed by atoms with Crippen molar-refractivity contribution in [2.45, 2.75) is 19.5 Å². The van der Waals surface area contributed by atoms with E-state index in [1.165, 1.54) is 0 Å². The third kappa shape index (κ3) is 3.01. The van der Waals surface area contributed by atoms with Crippen LogP contribution >= 0.6 is 0 Å². The molecule has 0 aromatic rings. The summed E-state index contributed by atoms with van der Waals surface area (Å²) in [5.74, 6) is 0.512. The Labute approximate surface area is 70.5 Å². The number of hydrogen-bond acceptors (Lipinski definition) is 1. The molecule has 0 atom stereocenters. The summed E-state index contributed by atoms with van der Waals surface area (Å²) in [5, 5.41) is 0. The molecule has 1 nitrogen and oxygen atoms in total. The van der Waals surface area contributed by atoms with E-state index in [1.807, 2.05) is 18.2 Å². The minimum absolute atomic E-state index is 0.161. The van der Waals surface area contributed by atoms with Gasteiger partial charge in [-0.05, 0) is 12.3 Å². The maximum absolute atomic E-state index is 11.7. The lowest BCUT2D eigenvalue weighted by Crippen LogP contribution is -2.47. The zero-order valence-corrected chi connectivity index (χ0v) is 7.06. The van der Waals surface area contributed by atoms with E-state index in [4.69, 9.17) is 0 Å². The Morgan fingerprint density at radius 3 is 2.42 bits per heavy atom. The summed E-state index contributed by atoms with van der Waals surface area (Å²) in [7, 11) is 0. The van der Waals surface area contributed by atoms with Crippen molar-refractivity contribution in [1.82, 2.24) is 4.90 Å². The van der Waals surface area contributed by atoms with E-state index in [0.717, 1.165) is 13.1 Å². The lowest BCUT2D eigenvalue weighted by atomic mass is 9.97. The SMILES string of the molecule is C[CH]C1CN(CCC(F)(F)F)C1. The van der Waals surface area contributed by atoms with Gasteiger partial charge in [0.25, 0.3) is 0 Å². The van der Waals surface area contributed by atoms with Crippen LogP contribution in [0.4, 0.5) is 13.2 Å². The fourth-order valence-electron chi connectivity index (χ4n) is 1.29. The van der Waals surface area contributed by atoms with Crippen molar-refractivity contribution in [3.8, 4) is 0 Å². The van der Waals surface area contributed by atoms with Crippen molar-refractivity contribution >= 4 is 0 Å². The Bertz CT molecular complexity index is 138. The molecule has 1 rings (SSSR count). The fraction of sp³-hybridized carbons (Fsp3) is 0.875. The smallest absolute Gasteiger partial charge is 0.302 e. The quantitative estimate of drug-likeness (QED) is 0.642. The molecule has 12 heavy (non-hydrogen) atoms. The zero-order valence-electron chi connectivity index (χ0n) is 7.06. The number of alkyl halides is 3. The molecule has 1 fully saturated rings. The summed E-state index contributed by atoms with van der Waals surface area (Å²) < 4.78 is 35.2. The summed E-state index contributed by atoms with van der Waals surface area (Å²) in [6.45, 7) is 3.71. The van der Waals surface area contributed by atoms with Gasteiger partial charge in [0.2, 0.25) is 0 Å². The van der Waals surface area contributed by atoms with Gasteiger partial charge in [0, 0.05) is 19.6 Å². The molecule has 0 N–H and O–H groups in total. The van der Waals surface area contributed by atoms with Gasteiger partial charge >= 0.3 is 6.18 Å². The fourth-order valence-corrected chi connectivity index (χ4v) is 1.29. The average Bonchev–Trinajstić information content (AvgIpc) is 1.82. The van der Waals surface area contributed by atoms with Gasteiger partial charge in [0.05, 0.1) is 6.42 Å². The topological polar surface area (TPSA) is 3.24 Å². The number of hydrogen-bond donors (Lipinski definition) is 0. The second kappa shape index (κ2) is 3.64. The molecule has 0 saturated carbocycles. The molecule has 1 aliphatic rings. The number of likely N-dealkylation sites (tertiary alicyclic amines) is 1. The van der Waals surface area contributed by atoms with Crippen LogP contribution in [0.25, 0.3) is 0 Å². The molecule has 1 aliphatic heterocycles. The minimum atomic E-state index is -4.00. The normalized spacial score (nSPS) is 21.0. The Morgan fingerprint density at radius 1 is 1.42 bits per heavy atom. The Hall–Kier alpha value is -0.250. The van der Waals surface area contributed by atoms with Gasteiger partial charge in [0.15, 0.2) is 0 Å². The highest BCUT2D eigenvalue weighted by Gasteiger charge is 2.31. The lowest BCUT2D eigenvalue weighted by molar-refractivity contribution is -0.140. The van der Waals surface area contributed by atoms with Crippen molar-refractivity contribution in [3.63, 3.8) is 0 Å². The number of halogens is 3. The molecule has 0 aromatic heterocycles. The Balaban J connectivity index is 2.04. The van der Waals surface area contributed by atoms with Crippen molar-refractivity contribution in [3.05, 3.63) is 6.42 Å². The largest absolute Gasteiger partial charge is 0.390 e. The second-order valence-corrected chi connectivity index (χ2v) is 3.22. The van der Waals surface area contributed by atoms with Gasteiger partial charge in [-0.2, -0.15) is 13.2 Å². The second-order valence-electron chi connectivity index (χ2n) is 3.22. The van der Waals surface area contributed by atoms with Crippen LogP contribution in [0.1, 0.15) is 13.3 Å². The maximum Gasteiger partial charge on any atom is 0.390 e. The van der Waals surface area contributed by atoms with Crippen LogP contribution in [-0.4, -0.2) is 30.7 Å². The number of rotatable bonds is 3. The van der Waals surface area contributed by atoms with Gasteiger partial charge < -0.3 is 4.90 Å². The number of nitrogens with zero attached hydrogens (tertiary/aromatic N) is 1. The molecule has 0 bridgehead atoms. The van der Waals surface area contributed by atoms with Crippen LogP contribution in [0.2, 0.25) is 0 Å². The first kappa shape index (κ1) is 9.84. The predicted molar refractivity (Wildman–Crippen MR) is 40.6 cm³/mol. The summed E-state index contributed by atoms with van der Waals surface area (Å²) in [4.78, 5) is 1.83. The van der Waals surface area contributed by atoms with E-state index in [2.05, 4.69) is 0 Å². The molecule has 0 spiro atoms. The minimum Gasteiger partial charge on any atom is -0.302 e. The summed E-state index contributed by atoms with van der Waals surface area (Å²) in [5.41, 5.74) is 0. The molecule has 1 saturated heterocycles. The molecular formula is C8H13F3N. The van der Waals surface area contributed by atoms with E-state index >= 15 is 0 Å². The van der Waals surface area contributed by atoms with Crippen LogP contribution in [0.3, 0.4) is 0 Å². The zero-order chi connectivity index (χ0) is 9.19. The van der Waals surface area contributed by atoms with Crippen LogP contribution in [0.15, 0.2) is 0 Å². The summed E-state index contributed by atoms with van der Waals surface area (Å²) in [6, 6.07) is 0. The third-order valence-corrected chi connectivity index (χ3v) is 2.17. The molecule has 4 heteroatoms. The first-order valence-corrected chi connectivity index (χ1v) is 4.10. The highest BCUT2D eigenvalue weighted by molar-refractivity contribution is 4.87. The highest BCUT2D eigenvalue weighted by atomic mass is 19.4. The van der Waals surface area contributed by atoms with Crippen molar-refractivity contribution in [1.29, 1.82) is 0 Å². The molecule has 0 aromatic carbocycles. The van der Waals surface area contributed by atoms with E-state index in [0.29, 0.717) is 5.92 Å². The monoisotopic (exact) mass is 180 g/mol. The van der Waals surface area contributed by atoms with Crippen LogP contribution in [-0.2, 0) is 0 Å². The summed E-state index contributed by atoms with van der Waals surface area (Å²) >= 11 is 0. The molecule has 1 radical (unpaired) electrons. The average molecular weight is 180 g/mol. The van der Waals surface area contributed by atoms with Crippen LogP contribution < -0.4 is 0 Å².